The monoisotopic (exact) mass is 394 g/mol. The third kappa shape index (κ3) is 3.89. The average Bonchev–Trinajstić information content (AvgIpc) is 2.95. The molecule has 0 saturated carbocycles. The van der Waals surface area contributed by atoms with Crippen LogP contribution in [0.3, 0.4) is 0 Å². The summed E-state index contributed by atoms with van der Waals surface area (Å²) in [7, 11) is 0. The SMILES string of the molecule is FC(F)(F)c1cc([C@@H](c2ccc(Cl)s2)N2CCNCC2)ccc1Cl. The number of piperazine rings is 1. The molecule has 1 saturated heterocycles. The van der Waals surface area contributed by atoms with E-state index in [1.165, 1.54) is 17.4 Å². The van der Waals surface area contributed by atoms with Crippen molar-refractivity contribution in [2.75, 3.05) is 26.2 Å². The van der Waals surface area contributed by atoms with Crippen molar-refractivity contribution in [1.82, 2.24) is 10.2 Å². The molecule has 0 spiro atoms. The second-order valence-corrected chi connectivity index (χ2v) is 7.72. The van der Waals surface area contributed by atoms with Crippen LogP contribution in [0.1, 0.15) is 22.0 Å². The molecule has 0 aliphatic carbocycles. The van der Waals surface area contributed by atoms with E-state index in [1.54, 1.807) is 12.1 Å². The summed E-state index contributed by atoms with van der Waals surface area (Å²) in [6, 6.07) is 7.53. The average molecular weight is 395 g/mol. The van der Waals surface area contributed by atoms with E-state index in [0.717, 1.165) is 37.1 Å². The lowest BCUT2D eigenvalue weighted by atomic mass is 10.00. The largest absolute Gasteiger partial charge is 0.417 e. The number of nitrogens with zero attached hydrogens (tertiary/aromatic N) is 1. The lowest BCUT2D eigenvalue weighted by Gasteiger charge is -2.35. The van der Waals surface area contributed by atoms with Gasteiger partial charge in [-0.05, 0) is 29.8 Å². The Morgan fingerprint density at radius 3 is 2.38 bits per heavy atom. The highest BCUT2D eigenvalue weighted by atomic mass is 35.5. The first-order valence-corrected chi connectivity index (χ1v) is 9.00. The Bertz CT molecular complexity index is 712. The number of nitrogens with one attached hydrogen (secondary N) is 1. The number of thiophene rings is 1. The van der Waals surface area contributed by atoms with E-state index >= 15 is 0 Å². The Labute approximate surface area is 152 Å². The first kappa shape index (κ1) is 18.0. The molecule has 2 heterocycles. The Morgan fingerprint density at radius 2 is 1.79 bits per heavy atom. The zero-order chi connectivity index (χ0) is 17.3. The van der Waals surface area contributed by atoms with Gasteiger partial charge >= 0.3 is 6.18 Å². The molecule has 1 fully saturated rings. The van der Waals surface area contributed by atoms with Crippen LogP contribution in [-0.4, -0.2) is 31.1 Å². The van der Waals surface area contributed by atoms with Crippen molar-refractivity contribution in [1.29, 1.82) is 0 Å². The van der Waals surface area contributed by atoms with E-state index in [9.17, 15) is 13.2 Å². The highest BCUT2D eigenvalue weighted by molar-refractivity contribution is 7.16. The molecular weight excluding hydrogens is 380 g/mol. The van der Waals surface area contributed by atoms with Gasteiger partial charge in [0.1, 0.15) is 0 Å². The lowest BCUT2D eigenvalue weighted by molar-refractivity contribution is -0.137. The molecule has 1 aliphatic heterocycles. The molecule has 1 N–H and O–H groups in total. The molecule has 24 heavy (non-hydrogen) atoms. The van der Waals surface area contributed by atoms with Crippen molar-refractivity contribution in [3.05, 3.63) is 55.7 Å². The van der Waals surface area contributed by atoms with E-state index in [2.05, 4.69) is 10.2 Å². The lowest BCUT2D eigenvalue weighted by Crippen LogP contribution is -2.45. The maximum absolute atomic E-state index is 13.2. The van der Waals surface area contributed by atoms with Crippen molar-refractivity contribution in [2.45, 2.75) is 12.2 Å². The fraction of sp³-hybridized carbons (Fsp3) is 0.375. The topological polar surface area (TPSA) is 15.3 Å². The van der Waals surface area contributed by atoms with Crippen LogP contribution in [0.15, 0.2) is 30.3 Å². The normalized spacial score (nSPS) is 17.9. The zero-order valence-electron chi connectivity index (χ0n) is 12.5. The van der Waals surface area contributed by atoms with Gasteiger partial charge in [-0.2, -0.15) is 13.2 Å². The van der Waals surface area contributed by atoms with Crippen LogP contribution in [0.25, 0.3) is 0 Å². The molecule has 3 rings (SSSR count). The molecule has 0 unspecified atom stereocenters. The number of hydrogen-bond acceptors (Lipinski definition) is 3. The third-order valence-corrected chi connectivity index (χ3v) is 5.60. The summed E-state index contributed by atoms with van der Waals surface area (Å²) in [5, 5.41) is 2.97. The minimum atomic E-state index is -4.48. The first-order valence-electron chi connectivity index (χ1n) is 7.43. The number of alkyl halides is 3. The molecular formula is C16H15Cl2F3N2S. The number of benzene rings is 1. The van der Waals surface area contributed by atoms with E-state index in [0.29, 0.717) is 9.90 Å². The van der Waals surface area contributed by atoms with Gasteiger partial charge in [0.05, 0.1) is 21.0 Å². The van der Waals surface area contributed by atoms with Crippen LogP contribution in [0.4, 0.5) is 13.2 Å². The highest BCUT2D eigenvalue weighted by Gasteiger charge is 2.35. The molecule has 1 aromatic carbocycles. The Balaban J connectivity index is 2.05. The van der Waals surface area contributed by atoms with Crippen LogP contribution < -0.4 is 5.32 Å². The van der Waals surface area contributed by atoms with E-state index in [4.69, 9.17) is 23.2 Å². The number of halogens is 5. The van der Waals surface area contributed by atoms with Gasteiger partial charge in [-0.15, -0.1) is 11.3 Å². The summed E-state index contributed by atoms with van der Waals surface area (Å²) in [5.74, 6) is 0. The van der Waals surface area contributed by atoms with Crippen LogP contribution in [0.5, 0.6) is 0 Å². The summed E-state index contributed by atoms with van der Waals surface area (Å²) in [6.45, 7) is 3.11. The second-order valence-electron chi connectivity index (χ2n) is 5.57. The predicted octanol–water partition coefficient (Wildman–Crippen LogP) is 5.07. The molecule has 8 heteroatoms. The molecule has 2 aromatic rings. The minimum Gasteiger partial charge on any atom is -0.314 e. The van der Waals surface area contributed by atoms with Gasteiger partial charge in [-0.3, -0.25) is 4.90 Å². The van der Waals surface area contributed by atoms with E-state index in [-0.39, 0.29) is 11.1 Å². The Hall–Kier alpha value is -0.790. The van der Waals surface area contributed by atoms with Crippen LogP contribution >= 0.6 is 34.5 Å². The fourth-order valence-electron chi connectivity index (χ4n) is 2.90. The standard InChI is InChI=1S/C16H15Cl2F3N2S/c17-12-2-1-10(9-11(12)16(19,20)21)15(13-3-4-14(18)24-13)23-7-5-22-6-8-23/h1-4,9,15,22H,5-8H2/t15-/m0/s1. The molecule has 0 amide bonds. The minimum absolute atomic E-state index is 0.261. The maximum atomic E-state index is 13.2. The number of rotatable bonds is 3. The van der Waals surface area contributed by atoms with Gasteiger partial charge in [-0.1, -0.05) is 29.3 Å². The van der Waals surface area contributed by atoms with Gasteiger partial charge in [0.15, 0.2) is 0 Å². The van der Waals surface area contributed by atoms with Crippen LogP contribution in [0, 0.1) is 0 Å². The quantitative estimate of drug-likeness (QED) is 0.781. The highest BCUT2D eigenvalue weighted by Crippen LogP contribution is 2.40. The summed E-state index contributed by atoms with van der Waals surface area (Å²) in [5.41, 5.74) is -0.225. The Kier molecular flexibility index (Phi) is 5.42. The van der Waals surface area contributed by atoms with Crippen LogP contribution in [-0.2, 0) is 6.18 Å². The van der Waals surface area contributed by atoms with Gasteiger partial charge in [-0.25, -0.2) is 0 Å². The van der Waals surface area contributed by atoms with Crippen molar-refractivity contribution in [3.8, 4) is 0 Å². The molecule has 130 valence electrons. The zero-order valence-corrected chi connectivity index (χ0v) is 14.9. The summed E-state index contributed by atoms with van der Waals surface area (Å²) < 4.78 is 40.3. The number of hydrogen-bond donors (Lipinski definition) is 1. The smallest absolute Gasteiger partial charge is 0.314 e. The maximum Gasteiger partial charge on any atom is 0.417 e. The van der Waals surface area contributed by atoms with E-state index in [1.807, 2.05) is 6.07 Å². The predicted molar refractivity (Wildman–Crippen MR) is 92.1 cm³/mol. The summed E-state index contributed by atoms with van der Waals surface area (Å²) >= 11 is 13.2. The van der Waals surface area contributed by atoms with Crippen molar-refractivity contribution in [3.63, 3.8) is 0 Å². The Morgan fingerprint density at radius 1 is 1.08 bits per heavy atom. The van der Waals surface area contributed by atoms with Crippen molar-refractivity contribution >= 4 is 34.5 Å². The fourth-order valence-corrected chi connectivity index (χ4v) is 4.35. The first-order chi connectivity index (χ1) is 11.4. The van der Waals surface area contributed by atoms with Gasteiger partial charge in [0.25, 0.3) is 0 Å². The second kappa shape index (κ2) is 7.22. The van der Waals surface area contributed by atoms with E-state index < -0.39 is 11.7 Å². The molecule has 1 aliphatic rings. The van der Waals surface area contributed by atoms with Gasteiger partial charge in [0.2, 0.25) is 0 Å². The third-order valence-electron chi connectivity index (χ3n) is 3.99. The molecule has 1 atom stereocenters. The molecule has 0 bridgehead atoms. The van der Waals surface area contributed by atoms with Crippen molar-refractivity contribution in [2.24, 2.45) is 0 Å². The molecule has 1 aromatic heterocycles. The molecule has 0 radical (unpaired) electrons. The summed E-state index contributed by atoms with van der Waals surface area (Å²) in [4.78, 5) is 3.10. The molecule has 2 nitrogen and oxygen atoms in total. The van der Waals surface area contributed by atoms with Crippen LogP contribution in [0.2, 0.25) is 9.36 Å². The van der Waals surface area contributed by atoms with Gasteiger partial charge in [0, 0.05) is 31.1 Å². The van der Waals surface area contributed by atoms with Gasteiger partial charge < -0.3 is 5.32 Å². The van der Waals surface area contributed by atoms with Crippen molar-refractivity contribution < 1.29 is 13.2 Å². The summed E-state index contributed by atoms with van der Waals surface area (Å²) in [6.07, 6.45) is -4.48.